The van der Waals surface area contributed by atoms with Crippen molar-refractivity contribution >= 4 is 21.6 Å². The molecule has 4 rings (SSSR count). The molecule has 1 spiro atoms. The number of anilines is 2. The van der Waals surface area contributed by atoms with Crippen LogP contribution in [0.5, 0.6) is 0 Å². The monoisotopic (exact) mass is 404 g/mol. The molecule has 8 nitrogen and oxygen atoms in total. The first kappa shape index (κ1) is 19.1. The molecule has 2 fully saturated rings. The van der Waals surface area contributed by atoms with Crippen molar-refractivity contribution in [2.45, 2.75) is 42.3 Å². The van der Waals surface area contributed by atoms with Crippen molar-refractivity contribution in [2.75, 3.05) is 36.9 Å². The van der Waals surface area contributed by atoms with E-state index in [-0.39, 0.29) is 15.6 Å². The highest BCUT2D eigenvalue weighted by molar-refractivity contribution is 7.91. The van der Waals surface area contributed by atoms with Crippen LogP contribution in [0.1, 0.15) is 24.0 Å². The Morgan fingerprint density at radius 3 is 2.39 bits per heavy atom. The van der Waals surface area contributed by atoms with Gasteiger partial charge in [-0.3, -0.25) is 0 Å². The lowest BCUT2D eigenvalue weighted by Gasteiger charge is -2.37. The molecular weight excluding hydrogens is 380 g/mol. The topological polar surface area (TPSA) is 108 Å². The molecule has 1 aromatic heterocycles. The Labute approximate surface area is 164 Å². The Balaban J connectivity index is 1.57. The molecule has 1 aromatic carbocycles. The van der Waals surface area contributed by atoms with E-state index in [2.05, 4.69) is 9.97 Å². The summed E-state index contributed by atoms with van der Waals surface area (Å²) in [5, 5.41) is 0. The van der Waals surface area contributed by atoms with Crippen LogP contribution in [0, 0.1) is 13.8 Å². The van der Waals surface area contributed by atoms with Gasteiger partial charge in [-0.1, -0.05) is 6.07 Å². The lowest BCUT2D eigenvalue weighted by atomic mass is 10.0. The number of ether oxygens (including phenoxy) is 2. The summed E-state index contributed by atoms with van der Waals surface area (Å²) in [6, 6.07) is 5.00. The second kappa shape index (κ2) is 6.98. The zero-order valence-corrected chi connectivity index (χ0v) is 16.8. The largest absolute Gasteiger partial charge is 0.382 e. The van der Waals surface area contributed by atoms with Gasteiger partial charge in [-0.2, -0.15) is 4.98 Å². The van der Waals surface area contributed by atoms with E-state index in [1.807, 2.05) is 18.7 Å². The van der Waals surface area contributed by atoms with Crippen molar-refractivity contribution in [1.29, 1.82) is 0 Å². The van der Waals surface area contributed by atoms with Crippen LogP contribution in [0.3, 0.4) is 0 Å². The van der Waals surface area contributed by atoms with Gasteiger partial charge in [0.25, 0.3) is 0 Å². The van der Waals surface area contributed by atoms with E-state index >= 15 is 0 Å². The van der Waals surface area contributed by atoms with Gasteiger partial charge in [0.2, 0.25) is 15.8 Å². The van der Waals surface area contributed by atoms with Gasteiger partial charge in [0.05, 0.1) is 24.3 Å². The number of piperidine rings is 1. The number of rotatable bonds is 3. The van der Waals surface area contributed by atoms with Crippen LogP contribution < -0.4 is 10.6 Å². The second-order valence-corrected chi connectivity index (χ2v) is 9.18. The van der Waals surface area contributed by atoms with E-state index in [0.717, 1.165) is 11.1 Å². The van der Waals surface area contributed by atoms with Crippen LogP contribution >= 0.6 is 0 Å². The normalized spacial score (nSPS) is 19.3. The molecular formula is C19H24N4O4S. The number of aromatic nitrogens is 2. The van der Waals surface area contributed by atoms with Crippen LogP contribution in [0.4, 0.5) is 11.8 Å². The van der Waals surface area contributed by atoms with Crippen LogP contribution in [-0.2, 0) is 19.3 Å². The Morgan fingerprint density at radius 2 is 1.79 bits per heavy atom. The first-order valence-electron chi connectivity index (χ1n) is 9.28. The maximum Gasteiger partial charge on any atom is 0.227 e. The number of hydrogen-bond acceptors (Lipinski definition) is 8. The lowest BCUT2D eigenvalue weighted by Crippen LogP contribution is -2.45. The van der Waals surface area contributed by atoms with Crippen molar-refractivity contribution in [3.8, 4) is 0 Å². The molecule has 0 saturated carbocycles. The SMILES string of the molecule is Cc1ccc(S(=O)(=O)c2cnc(N3CCC4(CC3)OCCO4)nc2N)cc1C. The first-order valence-corrected chi connectivity index (χ1v) is 10.8. The van der Waals surface area contributed by atoms with Gasteiger partial charge in [0.1, 0.15) is 10.7 Å². The molecule has 2 aromatic rings. The summed E-state index contributed by atoms with van der Waals surface area (Å²) in [5.41, 5.74) is 7.95. The molecule has 0 unspecified atom stereocenters. The zero-order valence-electron chi connectivity index (χ0n) is 16.0. The summed E-state index contributed by atoms with van der Waals surface area (Å²) in [6.45, 7) is 6.36. The van der Waals surface area contributed by atoms with Gasteiger partial charge >= 0.3 is 0 Å². The van der Waals surface area contributed by atoms with E-state index in [4.69, 9.17) is 15.2 Å². The third-order valence-corrected chi connectivity index (χ3v) is 7.24. The van der Waals surface area contributed by atoms with Gasteiger partial charge in [-0.15, -0.1) is 0 Å². The first-order chi connectivity index (χ1) is 13.3. The fourth-order valence-electron chi connectivity index (χ4n) is 3.57. The molecule has 0 atom stereocenters. The van der Waals surface area contributed by atoms with E-state index < -0.39 is 15.6 Å². The van der Waals surface area contributed by atoms with Crippen molar-refractivity contribution in [2.24, 2.45) is 0 Å². The van der Waals surface area contributed by atoms with Gasteiger partial charge < -0.3 is 20.1 Å². The number of hydrogen-bond donors (Lipinski definition) is 1. The number of nitrogen functional groups attached to an aromatic ring is 1. The molecule has 3 heterocycles. The molecule has 0 amide bonds. The van der Waals surface area contributed by atoms with E-state index in [1.54, 1.807) is 18.2 Å². The number of nitrogens with two attached hydrogens (primary N) is 1. The number of nitrogens with zero attached hydrogens (tertiary/aromatic N) is 3. The maximum absolute atomic E-state index is 13.0. The molecule has 2 aliphatic rings. The smallest absolute Gasteiger partial charge is 0.227 e. The second-order valence-electron chi connectivity index (χ2n) is 7.26. The van der Waals surface area contributed by atoms with Gasteiger partial charge in [0, 0.05) is 25.9 Å². The highest BCUT2D eigenvalue weighted by Gasteiger charge is 2.40. The van der Waals surface area contributed by atoms with Crippen LogP contribution in [0.2, 0.25) is 0 Å². The molecule has 0 bridgehead atoms. The summed E-state index contributed by atoms with van der Waals surface area (Å²) < 4.78 is 37.4. The molecule has 150 valence electrons. The number of aryl methyl sites for hydroxylation is 2. The standard InChI is InChI=1S/C19H24N4O4S/c1-13-3-4-15(11-14(13)2)28(24,25)16-12-21-18(22-17(16)20)23-7-5-19(6-8-23)26-9-10-27-19/h3-4,11-12H,5-10H2,1-2H3,(H2,20,21,22). The summed E-state index contributed by atoms with van der Waals surface area (Å²) >= 11 is 0. The van der Waals surface area contributed by atoms with Crippen molar-refractivity contribution in [1.82, 2.24) is 9.97 Å². The highest BCUT2D eigenvalue weighted by atomic mass is 32.2. The average Bonchev–Trinajstić information content (AvgIpc) is 3.12. The predicted molar refractivity (Wildman–Crippen MR) is 104 cm³/mol. The Bertz CT molecular complexity index is 993. The van der Waals surface area contributed by atoms with Gasteiger partial charge in [-0.25, -0.2) is 13.4 Å². The summed E-state index contributed by atoms with van der Waals surface area (Å²) in [5.74, 6) is -0.115. The Hall–Kier alpha value is -2.23. The third-order valence-electron chi connectivity index (χ3n) is 5.47. The summed E-state index contributed by atoms with van der Waals surface area (Å²) in [6.07, 6.45) is 2.72. The highest BCUT2D eigenvalue weighted by Crippen LogP contribution is 2.33. The molecule has 9 heteroatoms. The van der Waals surface area contributed by atoms with Gasteiger partial charge in [0.15, 0.2) is 5.79 Å². The van der Waals surface area contributed by atoms with Crippen LogP contribution in [-0.4, -0.2) is 50.5 Å². The average molecular weight is 404 g/mol. The minimum atomic E-state index is -3.78. The quantitative estimate of drug-likeness (QED) is 0.826. The van der Waals surface area contributed by atoms with Gasteiger partial charge in [-0.05, 0) is 37.1 Å². The Morgan fingerprint density at radius 1 is 1.11 bits per heavy atom. The lowest BCUT2D eigenvalue weighted by molar-refractivity contribution is -0.169. The summed E-state index contributed by atoms with van der Waals surface area (Å²) in [4.78, 5) is 10.6. The maximum atomic E-state index is 13.0. The predicted octanol–water partition coefficient (Wildman–Crippen LogP) is 1.85. The van der Waals surface area contributed by atoms with Crippen molar-refractivity contribution in [3.05, 3.63) is 35.5 Å². The fraction of sp³-hybridized carbons (Fsp3) is 0.474. The third kappa shape index (κ3) is 3.34. The molecule has 2 saturated heterocycles. The van der Waals surface area contributed by atoms with Crippen LogP contribution in [0.25, 0.3) is 0 Å². The zero-order chi connectivity index (χ0) is 19.9. The number of benzene rings is 1. The minimum Gasteiger partial charge on any atom is -0.382 e. The Kier molecular flexibility index (Phi) is 4.76. The fourth-order valence-corrected chi connectivity index (χ4v) is 4.92. The molecule has 28 heavy (non-hydrogen) atoms. The molecule has 0 aliphatic carbocycles. The van der Waals surface area contributed by atoms with E-state index in [1.165, 1.54) is 6.20 Å². The van der Waals surface area contributed by atoms with E-state index in [0.29, 0.717) is 45.1 Å². The van der Waals surface area contributed by atoms with Crippen molar-refractivity contribution in [3.63, 3.8) is 0 Å². The van der Waals surface area contributed by atoms with Crippen molar-refractivity contribution < 1.29 is 17.9 Å². The minimum absolute atomic E-state index is 0.0446. The number of sulfone groups is 1. The molecule has 2 aliphatic heterocycles. The molecule has 2 N–H and O–H groups in total. The summed E-state index contributed by atoms with van der Waals surface area (Å²) in [7, 11) is -3.78. The molecule has 0 radical (unpaired) electrons. The van der Waals surface area contributed by atoms with Crippen LogP contribution in [0.15, 0.2) is 34.2 Å². The van der Waals surface area contributed by atoms with E-state index in [9.17, 15) is 8.42 Å².